The molecule has 5 nitrogen and oxygen atoms in total. The lowest BCUT2D eigenvalue weighted by molar-refractivity contribution is -0.211. The molecule has 6 aliphatic rings. The summed E-state index contributed by atoms with van der Waals surface area (Å²) in [6.45, 7) is 0.589. The molecular weight excluding hydrogens is 499 g/mol. The number of anilines is 1. The summed E-state index contributed by atoms with van der Waals surface area (Å²) in [5, 5.41) is 3.47. The van der Waals surface area contributed by atoms with E-state index >= 15 is 0 Å². The number of benzene rings is 1. The van der Waals surface area contributed by atoms with Gasteiger partial charge in [-0.25, -0.2) is 13.2 Å². The third-order valence-electron chi connectivity index (χ3n) is 8.77. The maximum Gasteiger partial charge on any atom is 0.300 e. The first-order valence-corrected chi connectivity index (χ1v) is 12.3. The zero-order valence-corrected chi connectivity index (χ0v) is 19.7. The van der Waals surface area contributed by atoms with E-state index in [1.807, 2.05) is 29.2 Å². The first kappa shape index (κ1) is 21.6. The van der Waals surface area contributed by atoms with Crippen molar-refractivity contribution in [2.24, 2.45) is 10.8 Å². The highest BCUT2D eigenvalue weighted by Gasteiger charge is 2.73. The maximum absolute atomic E-state index is 14.2. The molecule has 6 fully saturated rings. The van der Waals surface area contributed by atoms with Crippen molar-refractivity contribution in [1.29, 1.82) is 0 Å². The summed E-state index contributed by atoms with van der Waals surface area (Å²) in [4.78, 5) is 19.6. The van der Waals surface area contributed by atoms with E-state index in [0.717, 1.165) is 48.7 Å². The minimum Gasteiger partial charge on any atom is -0.339 e. The Morgan fingerprint density at radius 3 is 2.33 bits per heavy atom. The van der Waals surface area contributed by atoms with Crippen molar-refractivity contribution in [3.05, 3.63) is 40.5 Å². The van der Waals surface area contributed by atoms with Gasteiger partial charge in [-0.05, 0) is 81.4 Å². The summed E-state index contributed by atoms with van der Waals surface area (Å²) >= 11 is 3.51. The largest absolute Gasteiger partial charge is 0.339 e. The summed E-state index contributed by atoms with van der Waals surface area (Å²) in [5.74, 6) is -0.180. The average Bonchev–Trinajstić information content (AvgIpc) is 3.27. The Balaban J connectivity index is 1.24. The lowest BCUT2D eigenvalue weighted by Crippen LogP contribution is -2.71. The first-order chi connectivity index (χ1) is 15.7. The second-order valence-corrected chi connectivity index (χ2v) is 11.8. The fourth-order valence-corrected chi connectivity index (χ4v) is 7.18. The van der Waals surface area contributed by atoms with Gasteiger partial charge in [-0.3, -0.25) is 4.79 Å². The molecule has 0 N–H and O–H groups in total. The van der Waals surface area contributed by atoms with Gasteiger partial charge in [0.05, 0.1) is 5.41 Å². The van der Waals surface area contributed by atoms with Crippen molar-refractivity contribution >= 4 is 27.5 Å². The van der Waals surface area contributed by atoms with Crippen LogP contribution in [0.5, 0.6) is 0 Å². The molecule has 1 heterocycles. The molecule has 33 heavy (non-hydrogen) atoms. The van der Waals surface area contributed by atoms with Gasteiger partial charge in [0.2, 0.25) is 17.6 Å². The summed E-state index contributed by atoms with van der Waals surface area (Å²) in [5.41, 5.74) is -1.24. The standard InChI is InChI=1S/C24H25BrF3N3O2/c25-15-2-1-3-16(10-15)31(20(32)23-11-24(28,12-23)13-23)14-21-4-7-22(8-5-21,9-6-21)19-29-18(17(26)27)30-33-19/h1-3,10,17H,4-9,11-14H2. The van der Waals surface area contributed by atoms with Crippen molar-refractivity contribution in [2.75, 3.05) is 11.4 Å². The van der Waals surface area contributed by atoms with E-state index < -0.39 is 23.3 Å². The van der Waals surface area contributed by atoms with Crippen LogP contribution < -0.4 is 4.90 Å². The Hall–Kier alpha value is -1.90. The molecule has 0 aliphatic heterocycles. The third kappa shape index (κ3) is 3.28. The van der Waals surface area contributed by atoms with Gasteiger partial charge in [-0.1, -0.05) is 27.2 Å². The maximum atomic E-state index is 14.2. The molecule has 8 rings (SSSR count). The van der Waals surface area contributed by atoms with Crippen LogP contribution in [0, 0.1) is 10.8 Å². The van der Waals surface area contributed by atoms with E-state index in [-0.39, 0.29) is 16.7 Å². The number of nitrogens with zero attached hydrogens (tertiary/aromatic N) is 3. The number of hydrogen-bond acceptors (Lipinski definition) is 4. The van der Waals surface area contributed by atoms with E-state index in [1.165, 1.54) is 0 Å². The SMILES string of the molecule is O=C(N(CC12CCC(c3nc(C(F)F)no3)(CC1)CC2)c1cccc(Br)c1)C12CC(F)(C1)C2. The molecule has 1 aromatic carbocycles. The lowest BCUT2D eigenvalue weighted by Gasteiger charge is -2.65. The van der Waals surface area contributed by atoms with Gasteiger partial charge >= 0.3 is 6.43 Å². The Morgan fingerprint density at radius 1 is 1.12 bits per heavy atom. The number of amides is 1. The van der Waals surface area contributed by atoms with Gasteiger partial charge in [0.15, 0.2) is 0 Å². The van der Waals surface area contributed by atoms with E-state index in [4.69, 9.17) is 4.52 Å². The van der Waals surface area contributed by atoms with Gasteiger partial charge in [0, 0.05) is 22.1 Å². The summed E-state index contributed by atoms with van der Waals surface area (Å²) < 4.78 is 46.3. The number of carbonyl (C=O) groups is 1. The zero-order chi connectivity index (χ0) is 23.1. The molecule has 0 spiro atoms. The van der Waals surface area contributed by atoms with E-state index in [0.29, 0.717) is 31.7 Å². The minimum absolute atomic E-state index is 0.0374. The normalized spacial score (nSPS) is 36.4. The molecule has 6 saturated carbocycles. The fraction of sp³-hybridized carbons (Fsp3) is 0.625. The predicted molar refractivity (Wildman–Crippen MR) is 118 cm³/mol. The average molecular weight is 524 g/mol. The number of carbonyl (C=O) groups excluding carboxylic acids is 1. The van der Waals surface area contributed by atoms with Gasteiger partial charge in [0.25, 0.3) is 0 Å². The van der Waals surface area contributed by atoms with E-state index in [2.05, 4.69) is 26.1 Å². The Kier molecular flexibility index (Phi) is 4.62. The number of fused-ring (bicyclic) bond motifs is 3. The molecule has 9 heteroatoms. The molecule has 1 aromatic heterocycles. The number of hydrogen-bond donors (Lipinski definition) is 0. The molecule has 0 radical (unpaired) electrons. The van der Waals surface area contributed by atoms with Gasteiger partial charge in [-0.2, -0.15) is 4.98 Å². The molecular formula is C24H25BrF3N3O2. The van der Waals surface area contributed by atoms with Crippen LogP contribution in [0.15, 0.2) is 33.3 Å². The molecule has 176 valence electrons. The Bertz CT molecular complexity index is 1080. The van der Waals surface area contributed by atoms with Crippen molar-refractivity contribution in [3.8, 4) is 0 Å². The lowest BCUT2D eigenvalue weighted by atomic mass is 9.41. The number of halogens is 4. The van der Waals surface area contributed by atoms with Crippen molar-refractivity contribution in [1.82, 2.24) is 10.1 Å². The Labute approximate surface area is 198 Å². The molecule has 0 unspecified atom stereocenters. The van der Waals surface area contributed by atoms with Crippen LogP contribution in [0.25, 0.3) is 0 Å². The molecule has 0 atom stereocenters. The topological polar surface area (TPSA) is 59.2 Å². The van der Waals surface area contributed by atoms with Crippen molar-refractivity contribution in [2.45, 2.75) is 75.3 Å². The highest BCUT2D eigenvalue weighted by atomic mass is 79.9. The molecule has 6 aliphatic carbocycles. The fourth-order valence-electron chi connectivity index (χ4n) is 6.80. The molecule has 0 saturated heterocycles. The first-order valence-electron chi connectivity index (χ1n) is 11.5. The highest BCUT2D eigenvalue weighted by Crippen LogP contribution is 2.70. The highest BCUT2D eigenvalue weighted by molar-refractivity contribution is 9.10. The molecule has 1 amide bonds. The van der Waals surface area contributed by atoms with Crippen LogP contribution >= 0.6 is 15.9 Å². The van der Waals surface area contributed by atoms with Gasteiger partial charge < -0.3 is 9.42 Å². The quantitative estimate of drug-likeness (QED) is 0.446. The van der Waals surface area contributed by atoms with Gasteiger partial charge in [-0.15, -0.1) is 0 Å². The van der Waals surface area contributed by atoms with Crippen LogP contribution in [0.4, 0.5) is 18.9 Å². The number of alkyl halides is 3. The minimum atomic E-state index is -2.74. The Morgan fingerprint density at radius 2 is 1.79 bits per heavy atom. The summed E-state index contributed by atoms with van der Waals surface area (Å²) in [6.07, 6.45) is 3.17. The van der Waals surface area contributed by atoms with E-state index in [9.17, 15) is 18.0 Å². The smallest absolute Gasteiger partial charge is 0.300 e. The zero-order valence-electron chi connectivity index (χ0n) is 18.1. The van der Waals surface area contributed by atoms with Crippen molar-refractivity contribution < 1.29 is 22.5 Å². The second kappa shape index (κ2) is 7.06. The second-order valence-electron chi connectivity index (χ2n) is 10.9. The summed E-state index contributed by atoms with van der Waals surface area (Å²) in [6, 6.07) is 7.73. The number of rotatable bonds is 6. The van der Waals surface area contributed by atoms with Crippen molar-refractivity contribution in [3.63, 3.8) is 0 Å². The van der Waals surface area contributed by atoms with Crippen LogP contribution in [-0.2, 0) is 10.2 Å². The van der Waals surface area contributed by atoms with Crippen LogP contribution in [0.3, 0.4) is 0 Å². The van der Waals surface area contributed by atoms with E-state index in [1.54, 1.807) is 0 Å². The van der Waals surface area contributed by atoms with Gasteiger partial charge in [0.1, 0.15) is 5.67 Å². The summed E-state index contributed by atoms with van der Waals surface area (Å²) in [7, 11) is 0. The predicted octanol–water partition coefficient (Wildman–Crippen LogP) is 6.29. The monoisotopic (exact) mass is 523 g/mol. The van der Waals surface area contributed by atoms with Crippen LogP contribution in [0.2, 0.25) is 0 Å². The van der Waals surface area contributed by atoms with Crippen LogP contribution in [-0.4, -0.2) is 28.3 Å². The third-order valence-corrected chi connectivity index (χ3v) is 9.26. The van der Waals surface area contributed by atoms with Crippen LogP contribution in [0.1, 0.15) is 75.9 Å². The molecule has 2 aromatic rings. The number of aromatic nitrogens is 2. The molecule has 4 bridgehead atoms.